The van der Waals surface area contributed by atoms with Gasteiger partial charge in [0.2, 0.25) is 0 Å². The van der Waals surface area contributed by atoms with E-state index in [0.29, 0.717) is 22.8 Å². The zero-order chi connectivity index (χ0) is 18.5. The first-order valence-electron chi connectivity index (χ1n) is 7.91. The Morgan fingerprint density at radius 3 is 2.54 bits per heavy atom. The van der Waals surface area contributed by atoms with Crippen molar-refractivity contribution in [2.75, 3.05) is 5.32 Å². The van der Waals surface area contributed by atoms with Gasteiger partial charge in [-0.2, -0.15) is 5.26 Å². The van der Waals surface area contributed by atoms with E-state index in [0.717, 1.165) is 5.56 Å². The zero-order valence-electron chi connectivity index (χ0n) is 14.0. The Morgan fingerprint density at radius 1 is 1.12 bits per heavy atom. The van der Waals surface area contributed by atoms with E-state index >= 15 is 0 Å². The highest BCUT2D eigenvalue weighted by Crippen LogP contribution is 2.25. The van der Waals surface area contributed by atoms with Crippen molar-refractivity contribution in [3.8, 4) is 17.4 Å². The molecular formula is C21H15FN2O2. The lowest BCUT2D eigenvalue weighted by Gasteiger charge is -2.04. The highest BCUT2D eigenvalue weighted by atomic mass is 19.1. The van der Waals surface area contributed by atoms with Crippen LogP contribution in [-0.4, -0.2) is 5.91 Å². The summed E-state index contributed by atoms with van der Waals surface area (Å²) in [5.74, 6) is -0.334. The third-order valence-electron chi connectivity index (χ3n) is 3.73. The molecule has 1 heterocycles. The molecule has 3 rings (SSSR count). The maximum atomic E-state index is 13.8. The molecule has 0 aliphatic carbocycles. The number of benzene rings is 2. The normalized spacial score (nSPS) is 11.0. The molecule has 2 aromatic carbocycles. The average molecular weight is 346 g/mol. The van der Waals surface area contributed by atoms with Gasteiger partial charge in [-0.05, 0) is 43.3 Å². The summed E-state index contributed by atoms with van der Waals surface area (Å²) in [5.41, 5.74) is 1.86. The van der Waals surface area contributed by atoms with Crippen LogP contribution in [0.4, 0.5) is 10.1 Å². The van der Waals surface area contributed by atoms with Gasteiger partial charge in [-0.3, -0.25) is 4.79 Å². The molecule has 1 amide bonds. The first kappa shape index (κ1) is 17.2. The molecule has 0 fully saturated rings. The number of carbonyl (C=O) groups is 1. The Morgan fingerprint density at radius 2 is 1.85 bits per heavy atom. The van der Waals surface area contributed by atoms with Crippen LogP contribution in [-0.2, 0) is 4.79 Å². The predicted octanol–water partition coefficient (Wildman–Crippen LogP) is 4.94. The number of aryl methyl sites for hydroxylation is 1. The molecular weight excluding hydrogens is 331 g/mol. The predicted molar refractivity (Wildman–Crippen MR) is 97.5 cm³/mol. The monoisotopic (exact) mass is 346 g/mol. The number of nitriles is 1. The van der Waals surface area contributed by atoms with E-state index < -0.39 is 11.7 Å². The number of amides is 1. The average Bonchev–Trinajstić information content (AvgIpc) is 3.10. The summed E-state index contributed by atoms with van der Waals surface area (Å²) in [6.07, 6.45) is 1.33. The second-order valence-electron chi connectivity index (χ2n) is 5.67. The van der Waals surface area contributed by atoms with Crippen molar-refractivity contribution in [2.45, 2.75) is 6.92 Å². The van der Waals surface area contributed by atoms with Crippen molar-refractivity contribution in [3.63, 3.8) is 0 Å². The van der Waals surface area contributed by atoms with Crippen LogP contribution in [0.5, 0.6) is 0 Å². The fourth-order valence-corrected chi connectivity index (χ4v) is 2.36. The van der Waals surface area contributed by atoms with Crippen LogP contribution < -0.4 is 5.32 Å². The highest BCUT2D eigenvalue weighted by Gasteiger charge is 2.12. The van der Waals surface area contributed by atoms with E-state index in [2.05, 4.69) is 5.32 Å². The smallest absolute Gasteiger partial charge is 0.266 e. The number of furan rings is 1. The second kappa shape index (κ2) is 7.49. The van der Waals surface area contributed by atoms with Gasteiger partial charge in [-0.1, -0.05) is 29.8 Å². The Balaban J connectivity index is 1.81. The summed E-state index contributed by atoms with van der Waals surface area (Å²) in [4.78, 5) is 12.3. The molecule has 0 aliphatic rings. The third-order valence-corrected chi connectivity index (χ3v) is 3.73. The van der Waals surface area contributed by atoms with Crippen LogP contribution in [0.15, 0.2) is 70.7 Å². The first-order chi connectivity index (χ1) is 12.6. The van der Waals surface area contributed by atoms with Crippen LogP contribution >= 0.6 is 0 Å². The van der Waals surface area contributed by atoms with E-state index in [1.807, 2.05) is 25.1 Å². The number of rotatable bonds is 4. The molecule has 0 saturated carbocycles. The summed E-state index contributed by atoms with van der Waals surface area (Å²) in [6, 6.07) is 18.5. The van der Waals surface area contributed by atoms with Crippen LogP contribution in [0.1, 0.15) is 11.3 Å². The minimum Gasteiger partial charge on any atom is -0.457 e. The molecule has 1 N–H and O–H groups in total. The number of nitrogens with zero attached hydrogens (tertiary/aromatic N) is 1. The van der Waals surface area contributed by atoms with Crippen molar-refractivity contribution in [3.05, 3.63) is 83.4 Å². The number of anilines is 1. The van der Waals surface area contributed by atoms with Crippen LogP contribution in [0.3, 0.4) is 0 Å². The van der Waals surface area contributed by atoms with Crippen molar-refractivity contribution >= 4 is 17.7 Å². The minimum atomic E-state index is -0.541. The van der Waals surface area contributed by atoms with Crippen molar-refractivity contribution in [1.82, 2.24) is 0 Å². The number of halogens is 1. The number of nitrogens with one attached hydrogen (secondary N) is 1. The fraction of sp³-hybridized carbons (Fsp3) is 0.0476. The topological polar surface area (TPSA) is 66.0 Å². The van der Waals surface area contributed by atoms with Gasteiger partial charge in [0.25, 0.3) is 5.91 Å². The zero-order valence-corrected chi connectivity index (χ0v) is 14.0. The van der Waals surface area contributed by atoms with E-state index in [-0.39, 0.29) is 5.57 Å². The van der Waals surface area contributed by atoms with E-state index in [9.17, 15) is 14.4 Å². The highest BCUT2D eigenvalue weighted by molar-refractivity contribution is 6.09. The van der Waals surface area contributed by atoms with Crippen LogP contribution in [0, 0.1) is 24.1 Å². The summed E-state index contributed by atoms with van der Waals surface area (Å²) in [5, 5.41) is 11.9. The lowest BCUT2D eigenvalue weighted by molar-refractivity contribution is -0.112. The largest absolute Gasteiger partial charge is 0.457 e. The molecule has 0 bridgehead atoms. The SMILES string of the molecule is Cc1ccc(NC(=O)/C(C#N)=C/c2ccc(-c3ccccc3F)o2)cc1. The minimum absolute atomic E-state index is 0.111. The molecule has 1 aromatic heterocycles. The lowest BCUT2D eigenvalue weighted by Crippen LogP contribution is -2.13. The molecule has 26 heavy (non-hydrogen) atoms. The molecule has 0 unspecified atom stereocenters. The van der Waals surface area contributed by atoms with Crippen molar-refractivity contribution in [1.29, 1.82) is 5.26 Å². The molecule has 0 atom stereocenters. The fourth-order valence-electron chi connectivity index (χ4n) is 2.36. The Bertz CT molecular complexity index is 1010. The van der Waals surface area contributed by atoms with Gasteiger partial charge in [0.05, 0.1) is 5.56 Å². The number of hydrogen-bond donors (Lipinski definition) is 1. The molecule has 0 radical (unpaired) electrons. The molecule has 0 aliphatic heterocycles. The van der Waals surface area contributed by atoms with Gasteiger partial charge < -0.3 is 9.73 Å². The molecule has 0 spiro atoms. The molecule has 3 aromatic rings. The molecule has 4 nitrogen and oxygen atoms in total. The van der Waals surface area contributed by atoms with Gasteiger partial charge in [0, 0.05) is 11.8 Å². The Kier molecular flexibility index (Phi) is 4.95. The maximum absolute atomic E-state index is 13.8. The van der Waals surface area contributed by atoms with Crippen LogP contribution in [0.25, 0.3) is 17.4 Å². The van der Waals surface area contributed by atoms with E-state index in [4.69, 9.17) is 4.42 Å². The van der Waals surface area contributed by atoms with Gasteiger partial charge >= 0.3 is 0 Å². The quantitative estimate of drug-likeness (QED) is 0.537. The Labute approximate surface area is 150 Å². The standard InChI is InChI=1S/C21H15FN2O2/c1-14-6-8-16(9-7-14)24-21(25)15(13-23)12-17-10-11-20(26-17)18-4-2-3-5-19(18)22/h2-12H,1H3,(H,24,25)/b15-12+. The van der Waals surface area contributed by atoms with Gasteiger partial charge in [-0.25, -0.2) is 4.39 Å². The van der Waals surface area contributed by atoms with Crippen molar-refractivity contribution in [2.24, 2.45) is 0 Å². The van der Waals surface area contributed by atoms with Gasteiger partial charge in [-0.15, -0.1) is 0 Å². The summed E-state index contributed by atoms with van der Waals surface area (Å²) < 4.78 is 19.4. The first-order valence-corrected chi connectivity index (χ1v) is 7.91. The Hall–Kier alpha value is -3.65. The maximum Gasteiger partial charge on any atom is 0.266 e. The third kappa shape index (κ3) is 3.87. The number of carbonyl (C=O) groups excluding carboxylic acids is 1. The van der Waals surface area contributed by atoms with Gasteiger partial charge in [0.15, 0.2) is 0 Å². The van der Waals surface area contributed by atoms with E-state index in [1.54, 1.807) is 42.5 Å². The number of hydrogen-bond acceptors (Lipinski definition) is 3. The summed E-state index contributed by atoms with van der Waals surface area (Å²) >= 11 is 0. The molecule has 0 saturated heterocycles. The van der Waals surface area contributed by atoms with Crippen LogP contribution in [0.2, 0.25) is 0 Å². The summed E-state index contributed by atoms with van der Waals surface area (Å²) in [7, 11) is 0. The van der Waals surface area contributed by atoms with E-state index in [1.165, 1.54) is 12.1 Å². The molecule has 5 heteroatoms. The lowest BCUT2D eigenvalue weighted by atomic mass is 10.1. The second-order valence-corrected chi connectivity index (χ2v) is 5.67. The molecule has 128 valence electrons. The van der Waals surface area contributed by atoms with Crippen molar-refractivity contribution < 1.29 is 13.6 Å². The summed E-state index contributed by atoms with van der Waals surface area (Å²) in [6.45, 7) is 1.94. The van der Waals surface area contributed by atoms with Gasteiger partial charge in [0.1, 0.15) is 29.0 Å².